The molecule has 0 saturated heterocycles. The second-order valence-electron chi connectivity index (χ2n) is 3.53. The molecule has 0 bridgehead atoms. The molecule has 0 fully saturated rings. The Morgan fingerprint density at radius 1 is 1.50 bits per heavy atom. The summed E-state index contributed by atoms with van der Waals surface area (Å²) in [6.45, 7) is 1.95. The third-order valence-electron chi connectivity index (χ3n) is 2.37. The van der Waals surface area contributed by atoms with Crippen molar-refractivity contribution in [3.8, 4) is 11.3 Å². The number of carbonyl (C=O) groups is 1. The van der Waals surface area contributed by atoms with Crippen LogP contribution in [-0.2, 0) is 11.2 Å². The molecule has 2 aromatic rings. The summed E-state index contributed by atoms with van der Waals surface area (Å²) in [6, 6.07) is 1.88. The van der Waals surface area contributed by atoms with Gasteiger partial charge in [0.25, 0.3) is 0 Å². The lowest BCUT2D eigenvalue weighted by Gasteiger charge is -2.04. The summed E-state index contributed by atoms with van der Waals surface area (Å²) >= 11 is 0. The monoisotopic (exact) mass is 217 g/mol. The van der Waals surface area contributed by atoms with E-state index in [1.54, 1.807) is 12.4 Å². The van der Waals surface area contributed by atoms with Gasteiger partial charge >= 0.3 is 5.97 Å². The molecule has 82 valence electrons. The Labute approximate surface area is 92.2 Å². The van der Waals surface area contributed by atoms with Crippen molar-refractivity contribution in [3.05, 3.63) is 35.8 Å². The summed E-state index contributed by atoms with van der Waals surface area (Å²) in [5.41, 5.74) is 3.32. The predicted molar refractivity (Wildman–Crippen MR) is 57.9 cm³/mol. The summed E-state index contributed by atoms with van der Waals surface area (Å²) < 4.78 is 0. The van der Waals surface area contributed by atoms with Crippen LogP contribution in [-0.4, -0.2) is 26.3 Å². The van der Waals surface area contributed by atoms with Crippen LogP contribution in [0.25, 0.3) is 11.3 Å². The first-order chi connectivity index (χ1) is 7.68. The molecular weight excluding hydrogens is 206 g/mol. The van der Waals surface area contributed by atoms with Crippen LogP contribution in [0.5, 0.6) is 0 Å². The number of aromatic nitrogens is 3. The normalized spacial score (nSPS) is 10.3. The Hall–Kier alpha value is -2.17. The van der Waals surface area contributed by atoms with Gasteiger partial charge in [-0.1, -0.05) is 0 Å². The fourth-order valence-corrected chi connectivity index (χ4v) is 1.57. The predicted octanol–water partition coefficient (Wildman–Crippen LogP) is 1.41. The number of carboxylic acid groups (broad SMARTS) is 1. The molecule has 5 nitrogen and oxygen atoms in total. The van der Waals surface area contributed by atoms with Crippen molar-refractivity contribution in [1.82, 2.24) is 15.2 Å². The first-order valence-corrected chi connectivity index (χ1v) is 4.83. The largest absolute Gasteiger partial charge is 0.481 e. The van der Waals surface area contributed by atoms with Gasteiger partial charge in [-0.15, -0.1) is 0 Å². The van der Waals surface area contributed by atoms with Gasteiger partial charge < -0.3 is 5.11 Å². The van der Waals surface area contributed by atoms with E-state index in [0.29, 0.717) is 5.56 Å². The number of H-pyrrole nitrogens is 1. The van der Waals surface area contributed by atoms with E-state index in [0.717, 1.165) is 16.8 Å². The van der Waals surface area contributed by atoms with Crippen LogP contribution in [0.2, 0.25) is 0 Å². The molecule has 5 heteroatoms. The molecule has 0 unspecified atom stereocenters. The van der Waals surface area contributed by atoms with Crippen molar-refractivity contribution < 1.29 is 9.90 Å². The number of carboxylic acids is 1. The van der Waals surface area contributed by atoms with E-state index < -0.39 is 5.97 Å². The molecule has 0 atom stereocenters. The summed E-state index contributed by atoms with van der Waals surface area (Å²) in [7, 11) is 0. The highest BCUT2D eigenvalue weighted by atomic mass is 16.4. The van der Waals surface area contributed by atoms with E-state index in [1.165, 1.54) is 6.20 Å². The zero-order valence-corrected chi connectivity index (χ0v) is 8.77. The van der Waals surface area contributed by atoms with E-state index in [9.17, 15) is 4.79 Å². The highest BCUT2D eigenvalue weighted by molar-refractivity contribution is 5.75. The summed E-state index contributed by atoms with van der Waals surface area (Å²) in [5.74, 6) is -0.871. The minimum absolute atomic E-state index is 0.0415. The van der Waals surface area contributed by atoms with E-state index >= 15 is 0 Å². The average molecular weight is 217 g/mol. The molecule has 0 spiro atoms. The van der Waals surface area contributed by atoms with Gasteiger partial charge in [-0.2, -0.15) is 5.10 Å². The van der Waals surface area contributed by atoms with Crippen LogP contribution < -0.4 is 0 Å². The van der Waals surface area contributed by atoms with Crippen molar-refractivity contribution in [2.24, 2.45) is 0 Å². The second-order valence-corrected chi connectivity index (χ2v) is 3.53. The van der Waals surface area contributed by atoms with E-state index in [2.05, 4.69) is 15.2 Å². The third kappa shape index (κ3) is 1.93. The highest BCUT2D eigenvalue weighted by Gasteiger charge is 2.12. The Kier molecular flexibility index (Phi) is 2.68. The fraction of sp³-hybridized carbons (Fsp3) is 0.182. The number of nitrogens with one attached hydrogen (secondary N) is 1. The Morgan fingerprint density at radius 3 is 3.00 bits per heavy atom. The first kappa shape index (κ1) is 10.4. The lowest BCUT2D eigenvalue weighted by atomic mass is 10.0. The van der Waals surface area contributed by atoms with Crippen LogP contribution in [0.4, 0.5) is 0 Å². The molecule has 0 radical (unpaired) electrons. The second kappa shape index (κ2) is 4.14. The molecule has 2 aromatic heterocycles. The highest BCUT2D eigenvalue weighted by Crippen LogP contribution is 2.23. The summed E-state index contributed by atoms with van der Waals surface area (Å²) in [5, 5.41) is 15.5. The van der Waals surface area contributed by atoms with Crippen LogP contribution in [0.3, 0.4) is 0 Å². The molecule has 16 heavy (non-hydrogen) atoms. The van der Waals surface area contributed by atoms with Crippen molar-refractivity contribution in [2.45, 2.75) is 13.3 Å². The van der Waals surface area contributed by atoms with Crippen molar-refractivity contribution >= 4 is 5.97 Å². The molecule has 0 aliphatic carbocycles. The number of hydrogen-bond donors (Lipinski definition) is 2. The van der Waals surface area contributed by atoms with Gasteiger partial charge in [-0.05, 0) is 18.6 Å². The van der Waals surface area contributed by atoms with Crippen LogP contribution in [0.1, 0.15) is 11.1 Å². The maximum Gasteiger partial charge on any atom is 0.307 e. The van der Waals surface area contributed by atoms with Gasteiger partial charge in [0.1, 0.15) is 0 Å². The van der Waals surface area contributed by atoms with Gasteiger partial charge in [0.2, 0.25) is 0 Å². The molecule has 2 heterocycles. The van der Waals surface area contributed by atoms with E-state index in [1.807, 2.05) is 13.0 Å². The van der Waals surface area contributed by atoms with E-state index in [-0.39, 0.29) is 6.42 Å². The molecule has 0 aliphatic rings. The quantitative estimate of drug-likeness (QED) is 0.814. The number of rotatable bonds is 3. The number of nitrogens with zero attached hydrogens (tertiary/aromatic N) is 2. The molecule has 0 aliphatic heterocycles. The van der Waals surface area contributed by atoms with Gasteiger partial charge in [-0.3, -0.25) is 14.9 Å². The minimum Gasteiger partial charge on any atom is -0.481 e. The number of aromatic amines is 1. The summed E-state index contributed by atoms with van der Waals surface area (Å²) in [4.78, 5) is 14.7. The summed E-state index contributed by atoms with van der Waals surface area (Å²) in [6.07, 6.45) is 4.90. The van der Waals surface area contributed by atoms with Crippen molar-refractivity contribution in [3.63, 3.8) is 0 Å². The maximum absolute atomic E-state index is 10.7. The molecular formula is C11H11N3O2. The Balaban J connectivity index is 2.45. The number of aliphatic carboxylic acids is 1. The minimum atomic E-state index is -0.871. The number of aryl methyl sites for hydroxylation is 1. The van der Waals surface area contributed by atoms with Crippen LogP contribution >= 0.6 is 0 Å². The van der Waals surface area contributed by atoms with Gasteiger partial charge in [0.05, 0.1) is 18.3 Å². The number of pyridine rings is 1. The zero-order valence-electron chi connectivity index (χ0n) is 8.77. The number of hydrogen-bond acceptors (Lipinski definition) is 3. The first-order valence-electron chi connectivity index (χ1n) is 4.83. The van der Waals surface area contributed by atoms with Gasteiger partial charge in [0, 0.05) is 23.5 Å². The Bertz CT molecular complexity index is 519. The maximum atomic E-state index is 10.7. The van der Waals surface area contributed by atoms with E-state index in [4.69, 9.17) is 5.11 Å². The molecule has 2 rings (SSSR count). The standard InChI is InChI=1S/C11H11N3O2/c1-7-2-3-12-6-9(7)11-8(4-10(15)16)5-13-14-11/h2-3,5-6H,4H2,1H3,(H,13,14)(H,15,16). The Morgan fingerprint density at radius 2 is 2.31 bits per heavy atom. The molecule has 2 N–H and O–H groups in total. The SMILES string of the molecule is Cc1ccncc1-c1[nH]ncc1CC(=O)O. The average Bonchev–Trinajstić information content (AvgIpc) is 2.66. The fourth-order valence-electron chi connectivity index (χ4n) is 1.57. The topological polar surface area (TPSA) is 78.9 Å². The van der Waals surface area contributed by atoms with Crippen LogP contribution in [0, 0.1) is 6.92 Å². The third-order valence-corrected chi connectivity index (χ3v) is 2.37. The van der Waals surface area contributed by atoms with Gasteiger partial charge in [-0.25, -0.2) is 0 Å². The zero-order chi connectivity index (χ0) is 11.5. The van der Waals surface area contributed by atoms with Crippen molar-refractivity contribution in [1.29, 1.82) is 0 Å². The smallest absolute Gasteiger partial charge is 0.307 e. The van der Waals surface area contributed by atoms with Crippen molar-refractivity contribution in [2.75, 3.05) is 0 Å². The molecule has 0 aromatic carbocycles. The van der Waals surface area contributed by atoms with Crippen LogP contribution in [0.15, 0.2) is 24.7 Å². The molecule has 0 amide bonds. The lowest BCUT2D eigenvalue weighted by molar-refractivity contribution is -0.136. The molecule has 0 saturated carbocycles. The lowest BCUT2D eigenvalue weighted by Crippen LogP contribution is -2.00. The van der Waals surface area contributed by atoms with Gasteiger partial charge in [0.15, 0.2) is 0 Å².